The molecule has 9 heteroatoms. The van der Waals surface area contributed by atoms with Gasteiger partial charge in [-0.25, -0.2) is 4.57 Å². The number of phosphoric ester groups is 1. The molecule has 0 bridgehead atoms. The normalized spacial score (nSPS) is 14.5. The van der Waals surface area contributed by atoms with Gasteiger partial charge >= 0.3 is 7.82 Å². The van der Waals surface area contributed by atoms with Crippen molar-refractivity contribution >= 4 is 7.82 Å². The van der Waals surface area contributed by atoms with E-state index in [2.05, 4.69) is 38.2 Å². The molecule has 59 heavy (non-hydrogen) atoms. The smallest absolute Gasteiger partial charge is 0.394 e. The minimum Gasteiger partial charge on any atom is -0.394 e. The Balaban J connectivity index is 4.42. The molecule has 0 aromatic carbocycles. The van der Waals surface area contributed by atoms with Crippen molar-refractivity contribution in [3.8, 4) is 0 Å². The highest BCUT2D eigenvalue weighted by atomic mass is 31.2. The van der Waals surface area contributed by atoms with Gasteiger partial charge in [0.1, 0.15) is 17.8 Å². The molecule has 0 radical (unpaired) electrons. The van der Waals surface area contributed by atoms with Gasteiger partial charge in [-0.1, -0.05) is 218 Å². The van der Waals surface area contributed by atoms with Crippen LogP contribution in [0.25, 0.3) is 0 Å². The van der Waals surface area contributed by atoms with Crippen LogP contribution >= 0.6 is 7.82 Å². The maximum atomic E-state index is 13.0. The van der Waals surface area contributed by atoms with Crippen LogP contribution in [0.1, 0.15) is 258 Å². The first kappa shape index (κ1) is 58.4. The lowest BCUT2D eigenvalue weighted by atomic mass is 9.85. The summed E-state index contributed by atoms with van der Waals surface area (Å²) in [6, 6.07) is 0. The van der Waals surface area contributed by atoms with Gasteiger partial charge in [-0.05, 0) is 64.2 Å². The van der Waals surface area contributed by atoms with E-state index < -0.39 is 45.5 Å². The van der Waals surface area contributed by atoms with Crippen molar-refractivity contribution in [1.82, 2.24) is 0 Å². The van der Waals surface area contributed by atoms with Crippen LogP contribution in [0.3, 0.4) is 0 Å². The fourth-order valence-electron chi connectivity index (χ4n) is 8.02. The number of allylic oxidation sites excluding steroid dienone is 4. The van der Waals surface area contributed by atoms with Gasteiger partial charge in [-0.2, -0.15) is 0 Å². The highest BCUT2D eigenvalue weighted by molar-refractivity contribution is 7.47. The van der Waals surface area contributed by atoms with E-state index in [4.69, 9.17) is 14.2 Å². The third kappa shape index (κ3) is 38.8. The summed E-state index contributed by atoms with van der Waals surface area (Å²) in [6.07, 6.45) is 51.4. The molecule has 0 spiro atoms. The van der Waals surface area contributed by atoms with Crippen molar-refractivity contribution in [3.63, 3.8) is 0 Å². The summed E-state index contributed by atoms with van der Waals surface area (Å²) in [5, 5.41) is 39.9. The largest absolute Gasteiger partial charge is 0.472 e. The summed E-state index contributed by atoms with van der Waals surface area (Å²) in [4.78, 5) is 10.6. The second kappa shape index (κ2) is 44.1. The van der Waals surface area contributed by atoms with E-state index in [-0.39, 0.29) is 0 Å². The van der Waals surface area contributed by atoms with Crippen LogP contribution in [-0.4, -0.2) is 62.9 Å². The average Bonchev–Trinajstić information content (AvgIpc) is 3.23. The second-order valence-corrected chi connectivity index (χ2v) is 19.0. The molecular formula is C50H99O8P. The molecule has 0 amide bonds. The summed E-state index contributed by atoms with van der Waals surface area (Å²) in [6.45, 7) is 2.76. The van der Waals surface area contributed by atoms with Crippen molar-refractivity contribution in [1.29, 1.82) is 0 Å². The summed E-state index contributed by atoms with van der Waals surface area (Å²) in [7, 11) is -4.69. The molecule has 0 aliphatic heterocycles. The van der Waals surface area contributed by atoms with Gasteiger partial charge < -0.3 is 25.3 Å². The SMILES string of the molecule is CCCCCCCC/C=C\CCCCCCCCCCCCC(CCCCCCCCCCCC/C=C\CCCCCCCC)(OP(=O)(O)OC[C@H](O)CO)C(O)CO. The topological polar surface area (TPSA) is 137 Å². The third-order valence-electron chi connectivity index (χ3n) is 11.9. The van der Waals surface area contributed by atoms with Crippen molar-refractivity contribution in [2.75, 3.05) is 19.8 Å². The zero-order chi connectivity index (χ0) is 43.4. The molecule has 5 N–H and O–H groups in total. The Labute approximate surface area is 365 Å². The molecule has 0 rings (SSSR count). The van der Waals surface area contributed by atoms with Crippen LogP contribution in [0.2, 0.25) is 0 Å². The fourth-order valence-corrected chi connectivity index (χ4v) is 9.20. The number of rotatable bonds is 48. The second-order valence-electron chi connectivity index (χ2n) is 17.7. The molecule has 0 aliphatic carbocycles. The first-order chi connectivity index (χ1) is 28.8. The predicted octanol–water partition coefficient (Wildman–Crippen LogP) is 14.5. The molecular weight excluding hydrogens is 760 g/mol. The minimum absolute atomic E-state index is 0.327. The first-order valence-electron chi connectivity index (χ1n) is 25.3. The van der Waals surface area contributed by atoms with Crippen LogP contribution in [0.4, 0.5) is 0 Å². The van der Waals surface area contributed by atoms with Crippen LogP contribution < -0.4 is 0 Å². The lowest BCUT2D eigenvalue weighted by Crippen LogP contribution is -2.46. The summed E-state index contributed by atoms with van der Waals surface area (Å²) >= 11 is 0. The van der Waals surface area contributed by atoms with Crippen molar-refractivity contribution < 1.29 is 38.9 Å². The number of aliphatic hydroxyl groups excluding tert-OH is 4. The minimum atomic E-state index is -4.69. The van der Waals surface area contributed by atoms with Gasteiger partial charge in [0.15, 0.2) is 0 Å². The molecule has 2 unspecified atom stereocenters. The molecule has 0 aliphatic rings. The summed E-state index contributed by atoms with van der Waals surface area (Å²) in [5.74, 6) is 0. The Kier molecular flexibility index (Phi) is 43.6. The van der Waals surface area contributed by atoms with Crippen LogP contribution in [0.5, 0.6) is 0 Å². The Hall–Kier alpha value is -0.570. The van der Waals surface area contributed by atoms with E-state index in [1.165, 1.54) is 180 Å². The number of phosphoric acid groups is 1. The van der Waals surface area contributed by atoms with E-state index in [1.54, 1.807) is 0 Å². The molecule has 3 atom stereocenters. The van der Waals surface area contributed by atoms with Crippen molar-refractivity contribution in [2.24, 2.45) is 0 Å². The highest BCUT2D eigenvalue weighted by Gasteiger charge is 2.44. The van der Waals surface area contributed by atoms with E-state index in [9.17, 15) is 24.8 Å². The van der Waals surface area contributed by atoms with Gasteiger partial charge in [0.2, 0.25) is 0 Å². The zero-order valence-corrected chi connectivity index (χ0v) is 39.8. The monoisotopic (exact) mass is 859 g/mol. The number of hydrogen-bond acceptors (Lipinski definition) is 7. The molecule has 0 aromatic rings. The maximum Gasteiger partial charge on any atom is 0.472 e. The maximum absolute atomic E-state index is 13.0. The molecule has 0 aromatic heterocycles. The number of aliphatic hydroxyl groups is 4. The predicted molar refractivity (Wildman–Crippen MR) is 251 cm³/mol. The Morgan fingerprint density at radius 1 is 0.458 bits per heavy atom. The average molecular weight is 859 g/mol. The standard InChI is InChI=1S/C50H99O8P/c1-3-5-7-9-11-13-15-17-19-21-23-25-27-29-31-33-35-37-39-41-43-50(49(54)46-52,58-59(55,56)57-47-48(53)45-51)44-42-40-38-36-34-32-30-28-26-24-22-20-18-16-14-12-10-8-6-4-2/h17-20,48-49,51-54H,3-16,21-47H2,1-2H3,(H,55,56)/b19-17-,20-18-/t48-,49?/m1/s1. The Morgan fingerprint density at radius 3 is 1.03 bits per heavy atom. The number of hydrogen-bond donors (Lipinski definition) is 5. The lowest BCUT2D eigenvalue weighted by Gasteiger charge is -2.38. The molecule has 0 saturated heterocycles. The third-order valence-corrected chi connectivity index (χ3v) is 13.0. The van der Waals surface area contributed by atoms with Gasteiger partial charge in [0.25, 0.3) is 0 Å². The molecule has 0 heterocycles. The van der Waals surface area contributed by atoms with Crippen LogP contribution in [0, 0.1) is 0 Å². The quantitative estimate of drug-likeness (QED) is 0.0232. The van der Waals surface area contributed by atoms with Crippen LogP contribution in [0.15, 0.2) is 24.3 Å². The van der Waals surface area contributed by atoms with Crippen LogP contribution in [-0.2, 0) is 13.6 Å². The Morgan fingerprint density at radius 2 is 0.746 bits per heavy atom. The summed E-state index contributed by atoms with van der Waals surface area (Å²) in [5.41, 5.74) is -1.43. The first-order valence-corrected chi connectivity index (χ1v) is 26.8. The number of unbranched alkanes of at least 4 members (excludes halogenated alkanes) is 32. The molecule has 352 valence electrons. The van der Waals surface area contributed by atoms with E-state index in [1.807, 2.05) is 0 Å². The molecule has 0 fully saturated rings. The molecule has 0 saturated carbocycles. The summed E-state index contributed by atoms with van der Waals surface area (Å²) < 4.78 is 23.7. The van der Waals surface area contributed by atoms with Gasteiger partial charge in [0.05, 0.1) is 19.8 Å². The van der Waals surface area contributed by atoms with E-state index >= 15 is 0 Å². The zero-order valence-electron chi connectivity index (χ0n) is 38.9. The Bertz CT molecular complexity index is 909. The van der Waals surface area contributed by atoms with Crippen molar-refractivity contribution in [2.45, 2.75) is 276 Å². The van der Waals surface area contributed by atoms with Gasteiger partial charge in [-0.15, -0.1) is 0 Å². The highest BCUT2D eigenvalue weighted by Crippen LogP contribution is 2.51. The lowest BCUT2D eigenvalue weighted by molar-refractivity contribution is -0.105. The van der Waals surface area contributed by atoms with Crippen molar-refractivity contribution in [3.05, 3.63) is 24.3 Å². The van der Waals surface area contributed by atoms with Gasteiger partial charge in [-0.3, -0.25) is 9.05 Å². The van der Waals surface area contributed by atoms with Gasteiger partial charge in [0, 0.05) is 0 Å². The van der Waals surface area contributed by atoms with E-state index in [0.717, 1.165) is 38.5 Å². The van der Waals surface area contributed by atoms with E-state index in [0.29, 0.717) is 25.7 Å². The fraction of sp³-hybridized carbons (Fsp3) is 0.920. The molecule has 8 nitrogen and oxygen atoms in total.